The third-order valence-corrected chi connectivity index (χ3v) is 6.33. The van der Waals surface area contributed by atoms with Crippen LogP contribution in [0.15, 0.2) is 24.3 Å². The number of aromatic nitrogens is 2. The fourth-order valence-corrected chi connectivity index (χ4v) is 4.48. The molecule has 2 amide bonds. The predicted molar refractivity (Wildman–Crippen MR) is 120 cm³/mol. The smallest absolute Gasteiger partial charge is 0.225 e. The second-order valence-corrected chi connectivity index (χ2v) is 8.39. The Bertz CT molecular complexity index is 920. The van der Waals surface area contributed by atoms with Crippen LogP contribution in [0.25, 0.3) is 0 Å². The third-order valence-electron chi connectivity index (χ3n) is 6.33. The van der Waals surface area contributed by atoms with Crippen LogP contribution in [0.3, 0.4) is 0 Å². The maximum absolute atomic E-state index is 13.2. The zero-order chi connectivity index (χ0) is 22.5. The molecule has 0 spiro atoms. The van der Waals surface area contributed by atoms with Gasteiger partial charge in [0.05, 0.1) is 24.3 Å². The minimum Gasteiger partial charge on any atom is -0.383 e. The van der Waals surface area contributed by atoms with Gasteiger partial charge in [0.25, 0.3) is 0 Å². The summed E-state index contributed by atoms with van der Waals surface area (Å²) < 4.78 is 7.10. The van der Waals surface area contributed by atoms with Crippen molar-refractivity contribution in [3.05, 3.63) is 52.3 Å². The van der Waals surface area contributed by atoms with Crippen molar-refractivity contribution in [2.24, 2.45) is 13.0 Å². The monoisotopic (exact) mass is 426 g/mol. The molecule has 3 rings (SSSR count). The molecule has 7 heteroatoms. The van der Waals surface area contributed by atoms with Gasteiger partial charge in [-0.3, -0.25) is 14.3 Å². The first-order chi connectivity index (χ1) is 14.8. The number of nitrogens with zero attached hydrogens (tertiary/aromatic N) is 3. The van der Waals surface area contributed by atoms with E-state index in [0.717, 1.165) is 28.9 Å². The number of carbonyl (C=O) groups is 2. The fourth-order valence-electron chi connectivity index (χ4n) is 4.48. The van der Waals surface area contributed by atoms with Gasteiger partial charge in [-0.15, -0.1) is 0 Å². The van der Waals surface area contributed by atoms with Gasteiger partial charge < -0.3 is 15.0 Å². The van der Waals surface area contributed by atoms with Crippen molar-refractivity contribution in [2.75, 3.05) is 26.8 Å². The van der Waals surface area contributed by atoms with Crippen molar-refractivity contribution in [3.63, 3.8) is 0 Å². The zero-order valence-electron chi connectivity index (χ0n) is 19.3. The molecular weight excluding hydrogens is 392 g/mol. The lowest BCUT2D eigenvalue weighted by Gasteiger charge is -2.40. The zero-order valence-corrected chi connectivity index (χ0v) is 19.3. The molecule has 2 heterocycles. The lowest BCUT2D eigenvalue weighted by Crippen LogP contribution is -2.49. The van der Waals surface area contributed by atoms with E-state index in [9.17, 15) is 9.59 Å². The average Bonchev–Trinajstić information content (AvgIpc) is 2.99. The molecule has 1 saturated heterocycles. The minimum absolute atomic E-state index is 0.000289. The molecule has 0 unspecified atom stereocenters. The Hall–Kier alpha value is -2.67. The lowest BCUT2D eigenvalue weighted by molar-refractivity contribution is -0.144. The van der Waals surface area contributed by atoms with Crippen molar-refractivity contribution >= 4 is 11.8 Å². The quantitative estimate of drug-likeness (QED) is 0.704. The van der Waals surface area contributed by atoms with Crippen molar-refractivity contribution in [1.82, 2.24) is 20.0 Å². The summed E-state index contributed by atoms with van der Waals surface area (Å²) in [6.45, 7) is 7.55. The Morgan fingerprint density at radius 1 is 1.23 bits per heavy atom. The summed E-state index contributed by atoms with van der Waals surface area (Å²) in [5, 5.41) is 7.57. The first kappa shape index (κ1) is 23.0. The number of benzene rings is 1. The van der Waals surface area contributed by atoms with Gasteiger partial charge in [-0.05, 0) is 44.7 Å². The van der Waals surface area contributed by atoms with Crippen LogP contribution in [0, 0.1) is 26.7 Å². The Morgan fingerprint density at radius 2 is 1.94 bits per heavy atom. The maximum Gasteiger partial charge on any atom is 0.225 e. The van der Waals surface area contributed by atoms with Gasteiger partial charge in [0.15, 0.2) is 0 Å². The normalized spacial score (nSPS) is 19.0. The van der Waals surface area contributed by atoms with E-state index in [4.69, 9.17) is 4.74 Å². The Kier molecular flexibility index (Phi) is 7.49. The van der Waals surface area contributed by atoms with Crippen LogP contribution >= 0.6 is 0 Å². The number of aryl methyl sites for hydroxylation is 3. The van der Waals surface area contributed by atoms with Gasteiger partial charge in [-0.25, -0.2) is 0 Å². The molecule has 0 radical (unpaired) electrons. The van der Waals surface area contributed by atoms with E-state index in [-0.39, 0.29) is 23.8 Å². The number of hydrogen-bond donors (Lipinski definition) is 1. The van der Waals surface area contributed by atoms with Gasteiger partial charge >= 0.3 is 0 Å². The number of piperidine rings is 1. The average molecular weight is 427 g/mol. The van der Waals surface area contributed by atoms with Crippen LogP contribution < -0.4 is 5.32 Å². The van der Waals surface area contributed by atoms with Crippen LogP contribution in [-0.4, -0.2) is 53.3 Å². The number of ether oxygens (including phenoxy) is 1. The molecule has 0 bridgehead atoms. The number of carbonyl (C=O) groups excluding carboxylic acids is 2. The standard InChI is InChI=1S/C24H34N4O3/c1-16-6-8-19(9-7-16)23-21(10-11-22(29)28(23)14-15-31-5)24(30)25-13-12-20-17(2)26-27(4)18(20)3/h6-9,21,23H,10-15H2,1-5H3,(H,25,30)/t21-,23-/m1/s1. The van der Waals surface area contributed by atoms with Gasteiger partial charge in [0.2, 0.25) is 11.8 Å². The molecule has 1 aliphatic rings. The van der Waals surface area contributed by atoms with Crippen molar-refractivity contribution in [3.8, 4) is 0 Å². The molecule has 31 heavy (non-hydrogen) atoms. The molecule has 168 valence electrons. The Balaban J connectivity index is 1.76. The van der Waals surface area contributed by atoms with Crippen LogP contribution in [0.4, 0.5) is 0 Å². The number of methoxy groups -OCH3 is 1. The largest absolute Gasteiger partial charge is 0.383 e. The Morgan fingerprint density at radius 3 is 2.55 bits per heavy atom. The number of rotatable bonds is 8. The molecule has 0 saturated carbocycles. The van der Waals surface area contributed by atoms with Crippen LogP contribution in [0.2, 0.25) is 0 Å². The first-order valence-corrected chi connectivity index (χ1v) is 10.9. The molecule has 1 aromatic heterocycles. The second-order valence-electron chi connectivity index (χ2n) is 8.39. The highest BCUT2D eigenvalue weighted by Gasteiger charge is 2.40. The molecule has 1 aromatic carbocycles. The number of likely N-dealkylation sites (tertiary alicyclic amines) is 1. The molecule has 1 N–H and O–H groups in total. The summed E-state index contributed by atoms with van der Waals surface area (Å²) in [7, 11) is 3.56. The summed E-state index contributed by atoms with van der Waals surface area (Å²) in [6, 6.07) is 7.85. The molecular formula is C24H34N4O3. The van der Waals surface area contributed by atoms with E-state index in [1.54, 1.807) is 7.11 Å². The first-order valence-electron chi connectivity index (χ1n) is 10.9. The fraction of sp³-hybridized carbons (Fsp3) is 0.542. The van der Waals surface area contributed by atoms with E-state index >= 15 is 0 Å². The topological polar surface area (TPSA) is 76.5 Å². The molecule has 0 aliphatic carbocycles. The summed E-state index contributed by atoms with van der Waals surface area (Å²) in [4.78, 5) is 27.8. The highest BCUT2D eigenvalue weighted by atomic mass is 16.5. The van der Waals surface area contributed by atoms with Crippen LogP contribution in [-0.2, 0) is 27.8 Å². The van der Waals surface area contributed by atoms with E-state index in [2.05, 4.69) is 10.4 Å². The molecule has 1 fully saturated rings. The number of hydrogen-bond acceptors (Lipinski definition) is 4. The van der Waals surface area contributed by atoms with Crippen LogP contribution in [0.5, 0.6) is 0 Å². The van der Waals surface area contributed by atoms with Gasteiger partial charge in [0.1, 0.15) is 0 Å². The SMILES string of the molecule is COCCN1C(=O)CC[C@@H](C(=O)NCCc2c(C)nn(C)c2C)[C@H]1c1ccc(C)cc1. The Labute approximate surface area is 184 Å². The molecule has 2 aromatic rings. The van der Waals surface area contributed by atoms with E-state index in [1.807, 2.05) is 61.7 Å². The third kappa shape index (κ3) is 5.15. The molecule has 1 aliphatic heterocycles. The highest BCUT2D eigenvalue weighted by molar-refractivity contribution is 5.85. The summed E-state index contributed by atoms with van der Waals surface area (Å²) >= 11 is 0. The van der Waals surface area contributed by atoms with Crippen LogP contribution in [0.1, 0.15) is 47.0 Å². The maximum atomic E-state index is 13.2. The van der Waals surface area contributed by atoms with Gasteiger partial charge in [0, 0.05) is 39.4 Å². The van der Waals surface area contributed by atoms with Gasteiger partial charge in [-0.2, -0.15) is 5.10 Å². The summed E-state index contributed by atoms with van der Waals surface area (Å²) in [5.41, 5.74) is 5.45. The summed E-state index contributed by atoms with van der Waals surface area (Å²) in [5.74, 6) is -0.207. The summed E-state index contributed by atoms with van der Waals surface area (Å²) in [6.07, 6.45) is 1.67. The van der Waals surface area contributed by atoms with Crippen molar-refractivity contribution in [1.29, 1.82) is 0 Å². The molecule has 7 nitrogen and oxygen atoms in total. The van der Waals surface area contributed by atoms with Gasteiger partial charge in [-0.1, -0.05) is 29.8 Å². The lowest BCUT2D eigenvalue weighted by atomic mass is 9.83. The highest BCUT2D eigenvalue weighted by Crippen LogP contribution is 2.37. The minimum atomic E-state index is -0.284. The number of amides is 2. The molecule has 2 atom stereocenters. The van der Waals surface area contributed by atoms with E-state index in [1.165, 1.54) is 5.56 Å². The van der Waals surface area contributed by atoms with Crippen molar-refractivity contribution < 1.29 is 14.3 Å². The van der Waals surface area contributed by atoms with Crippen molar-refractivity contribution in [2.45, 2.75) is 46.1 Å². The van der Waals surface area contributed by atoms with E-state index < -0.39 is 0 Å². The number of nitrogens with one attached hydrogen (secondary N) is 1. The van der Waals surface area contributed by atoms with E-state index in [0.29, 0.717) is 32.5 Å². The predicted octanol–water partition coefficient (Wildman–Crippen LogP) is 2.63. The second kappa shape index (κ2) is 10.1.